The van der Waals surface area contributed by atoms with Crippen molar-refractivity contribution in [2.45, 2.75) is 13.5 Å². The zero-order valence-corrected chi connectivity index (χ0v) is 16.5. The summed E-state index contributed by atoms with van der Waals surface area (Å²) < 4.78 is 5.89. The third-order valence-electron chi connectivity index (χ3n) is 4.35. The van der Waals surface area contributed by atoms with Crippen LogP contribution >= 0.6 is 0 Å². The van der Waals surface area contributed by atoms with Gasteiger partial charge in [-0.05, 0) is 36.8 Å². The average molecular weight is 396 g/mol. The highest BCUT2D eigenvalue weighted by Crippen LogP contribution is 2.23. The number of nitriles is 1. The molecule has 3 aromatic carbocycles. The molecule has 30 heavy (non-hydrogen) atoms. The number of nitrogens with one attached hydrogen (secondary N) is 1. The summed E-state index contributed by atoms with van der Waals surface area (Å²) in [7, 11) is 0. The van der Waals surface area contributed by atoms with E-state index in [-0.39, 0.29) is 11.4 Å². The monoisotopic (exact) mass is 396 g/mol. The number of Topliss-reactive ketones (excluding diaryl/α,β-unsaturated/α-hetero) is 1. The maximum absolute atomic E-state index is 12.6. The number of ether oxygens (including phenoxy) is 1. The highest BCUT2D eigenvalue weighted by molar-refractivity contribution is 6.10. The molecular formula is C25H20N2O3. The first-order valence-corrected chi connectivity index (χ1v) is 9.36. The van der Waals surface area contributed by atoms with E-state index in [9.17, 15) is 14.9 Å². The molecule has 3 rings (SSSR count). The van der Waals surface area contributed by atoms with Crippen LogP contribution in [0.25, 0.3) is 6.08 Å². The Balaban J connectivity index is 1.79. The summed E-state index contributed by atoms with van der Waals surface area (Å²) in [4.78, 5) is 24.1. The van der Waals surface area contributed by atoms with Gasteiger partial charge in [-0.3, -0.25) is 9.59 Å². The van der Waals surface area contributed by atoms with Crippen LogP contribution in [0.15, 0.2) is 84.4 Å². The number of amides is 1. The molecule has 1 N–H and O–H groups in total. The Bertz CT molecular complexity index is 1130. The summed E-state index contributed by atoms with van der Waals surface area (Å²) in [6.07, 6.45) is 1.49. The molecule has 0 heterocycles. The molecule has 0 bridgehead atoms. The van der Waals surface area contributed by atoms with Crippen molar-refractivity contribution in [2.24, 2.45) is 0 Å². The van der Waals surface area contributed by atoms with Crippen molar-refractivity contribution in [3.05, 3.63) is 101 Å². The molecule has 0 fully saturated rings. The van der Waals surface area contributed by atoms with Crippen LogP contribution in [0.2, 0.25) is 0 Å². The Labute approximate surface area is 175 Å². The van der Waals surface area contributed by atoms with Gasteiger partial charge in [0.15, 0.2) is 5.78 Å². The predicted octanol–water partition coefficient (Wildman–Crippen LogP) is 5.01. The Morgan fingerprint density at radius 3 is 2.47 bits per heavy atom. The fourth-order valence-electron chi connectivity index (χ4n) is 2.79. The average Bonchev–Trinajstić information content (AvgIpc) is 2.77. The molecule has 0 radical (unpaired) electrons. The fraction of sp³-hybridized carbons (Fsp3) is 0.0800. The summed E-state index contributed by atoms with van der Waals surface area (Å²) >= 11 is 0. The van der Waals surface area contributed by atoms with Crippen LogP contribution in [0.5, 0.6) is 5.75 Å². The van der Waals surface area contributed by atoms with E-state index in [1.807, 2.05) is 48.5 Å². The number of carbonyl (C=O) groups is 2. The second kappa shape index (κ2) is 9.85. The lowest BCUT2D eigenvalue weighted by Crippen LogP contribution is -2.13. The van der Waals surface area contributed by atoms with E-state index < -0.39 is 5.91 Å². The zero-order valence-electron chi connectivity index (χ0n) is 16.5. The third-order valence-corrected chi connectivity index (χ3v) is 4.35. The van der Waals surface area contributed by atoms with Crippen molar-refractivity contribution < 1.29 is 14.3 Å². The summed E-state index contributed by atoms with van der Waals surface area (Å²) in [5.74, 6) is -0.0943. The lowest BCUT2D eigenvalue weighted by atomic mass is 10.1. The number of benzene rings is 3. The lowest BCUT2D eigenvalue weighted by Gasteiger charge is -2.10. The molecule has 5 heteroatoms. The number of rotatable bonds is 7. The minimum absolute atomic E-state index is 0.0704. The molecule has 0 aromatic heterocycles. The number of carbonyl (C=O) groups excluding carboxylic acids is 2. The first-order valence-electron chi connectivity index (χ1n) is 9.36. The van der Waals surface area contributed by atoms with Gasteiger partial charge in [-0.2, -0.15) is 5.26 Å². The molecule has 1 amide bonds. The first kappa shape index (κ1) is 20.6. The van der Waals surface area contributed by atoms with Gasteiger partial charge in [-0.15, -0.1) is 0 Å². The van der Waals surface area contributed by atoms with E-state index in [1.54, 1.807) is 36.4 Å². The lowest BCUT2D eigenvalue weighted by molar-refractivity contribution is -0.112. The molecular weight excluding hydrogens is 376 g/mol. The van der Waals surface area contributed by atoms with Gasteiger partial charge in [0.25, 0.3) is 5.91 Å². The van der Waals surface area contributed by atoms with Gasteiger partial charge >= 0.3 is 0 Å². The molecule has 0 spiro atoms. The van der Waals surface area contributed by atoms with E-state index >= 15 is 0 Å². The minimum atomic E-state index is -0.559. The number of hydrogen-bond donors (Lipinski definition) is 1. The normalized spacial score (nSPS) is 10.7. The van der Waals surface area contributed by atoms with Gasteiger partial charge < -0.3 is 10.1 Å². The van der Waals surface area contributed by atoms with Gasteiger partial charge in [-0.1, -0.05) is 60.7 Å². The maximum atomic E-state index is 12.6. The Kier molecular flexibility index (Phi) is 6.75. The Morgan fingerprint density at radius 1 is 1.00 bits per heavy atom. The second-order valence-electron chi connectivity index (χ2n) is 6.57. The highest BCUT2D eigenvalue weighted by Gasteiger charge is 2.12. The quantitative estimate of drug-likeness (QED) is 0.346. The van der Waals surface area contributed by atoms with Gasteiger partial charge in [0.05, 0.1) is 0 Å². The van der Waals surface area contributed by atoms with Crippen LogP contribution in [-0.4, -0.2) is 11.7 Å². The summed E-state index contributed by atoms with van der Waals surface area (Å²) in [6.45, 7) is 1.82. The standard InChI is InChI=1S/C25H20N2O3/c1-18(28)20-11-7-12-23(15-20)27-25(29)22(16-26)14-21-10-5-6-13-24(21)30-17-19-8-3-2-4-9-19/h2-15H,17H2,1H3,(H,27,29). The molecule has 0 atom stereocenters. The molecule has 0 aliphatic heterocycles. The van der Waals surface area contributed by atoms with Gasteiger partial charge in [0.2, 0.25) is 0 Å². The number of hydrogen-bond acceptors (Lipinski definition) is 4. The molecule has 3 aromatic rings. The van der Waals surface area contributed by atoms with Crippen molar-refractivity contribution in [2.75, 3.05) is 5.32 Å². The number of anilines is 1. The molecule has 5 nitrogen and oxygen atoms in total. The second-order valence-corrected chi connectivity index (χ2v) is 6.57. The van der Waals surface area contributed by atoms with Crippen molar-refractivity contribution in [1.82, 2.24) is 0 Å². The molecule has 0 saturated heterocycles. The third kappa shape index (κ3) is 5.43. The van der Waals surface area contributed by atoms with Crippen molar-refractivity contribution in [3.8, 4) is 11.8 Å². The van der Waals surface area contributed by atoms with Crippen LogP contribution in [0.1, 0.15) is 28.4 Å². The molecule has 148 valence electrons. The van der Waals surface area contributed by atoms with Crippen LogP contribution in [-0.2, 0) is 11.4 Å². The van der Waals surface area contributed by atoms with Gasteiger partial charge in [0.1, 0.15) is 24.0 Å². The van der Waals surface area contributed by atoms with Crippen molar-refractivity contribution >= 4 is 23.5 Å². The molecule has 0 saturated carbocycles. The summed E-state index contributed by atoms with van der Waals surface area (Å²) in [5, 5.41) is 12.2. The molecule has 0 unspecified atom stereocenters. The number of ketones is 1. The SMILES string of the molecule is CC(=O)c1cccc(NC(=O)C(C#N)=Cc2ccccc2OCc2ccccc2)c1. The van der Waals surface area contributed by atoms with E-state index in [2.05, 4.69) is 5.32 Å². The van der Waals surface area contributed by atoms with Crippen LogP contribution in [0.4, 0.5) is 5.69 Å². The highest BCUT2D eigenvalue weighted by atomic mass is 16.5. The van der Waals surface area contributed by atoms with E-state index in [0.717, 1.165) is 5.56 Å². The molecule has 0 aliphatic rings. The van der Waals surface area contributed by atoms with E-state index in [4.69, 9.17) is 4.74 Å². The number of nitrogens with zero attached hydrogens (tertiary/aromatic N) is 1. The number of para-hydroxylation sites is 1. The first-order chi connectivity index (χ1) is 14.6. The van der Waals surface area contributed by atoms with Crippen LogP contribution in [0, 0.1) is 11.3 Å². The Morgan fingerprint density at radius 2 is 1.73 bits per heavy atom. The van der Waals surface area contributed by atoms with Crippen molar-refractivity contribution in [1.29, 1.82) is 5.26 Å². The van der Waals surface area contributed by atoms with Gasteiger partial charge in [-0.25, -0.2) is 0 Å². The largest absolute Gasteiger partial charge is 0.488 e. The molecule has 0 aliphatic carbocycles. The van der Waals surface area contributed by atoms with Gasteiger partial charge in [0, 0.05) is 16.8 Å². The smallest absolute Gasteiger partial charge is 0.266 e. The maximum Gasteiger partial charge on any atom is 0.266 e. The zero-order chi connectivity index (χ0) is 21.3. The van der Waals surface area contributed by atoms with Crippen LogP contribution < -0.4 is 10.1 Å². The summed E-state index contributed by atoms with van der Waals surface area (Å²) in [5.41, 5.74) is 2.49. The fourth-order valence-corrected chi connectivity index (χ4v) is 2.79. The minimum Gasteiger partial charge on any atom is -0.488 e. The van der Waals surface area contributed by atoms with Crippen LogP contribution in [0.3, 0.4) is 0 Å². The van der Waals surface area contributed by atoms with Crippen molar-refractivity contribution in [3.63, 3.8) is 0 Å². The Hall–Kier alpha value is -4.17. The predicted molar refractivity (Wildman–Crippen MR) is 116 cm³/mol. The summed E-state index contributed by atoms with van der Waals surface area (Å²) in [6, 6.07) is 25.4. The van der Waals surface area contributed by atoms with E-state index in [1.165, 1.54) is 13.0 Å². The topological polar surface area (TPSA) is 79.2 Å². The van der Waals surface area contributed by atoms with E-state index in [0.29, 0.717) is 29.2 Å².